The molecule has 0 saturated carbocycles. The molecule has 0 spiro atoms. The average Bonchev–Trinajstić information content (AvgIpc) is 2.56. The fourth-order valence-electron chi connectivity index (χ4n) is 2.02. The fourth-order valence-corrected chi connectivity index (χ4v) is 3.79. The van der Waals surface area contributed by atoms with Gasteiger partial charge in [-0.15, -0.1) is 0 Å². The van der Waals surface area contributed by atoms with E-state index < -0.39 is 27.8 Å². The fraction of sp³-hybridized carbons (Fsp3) is 0.188. The van der Waals surface area contributed by atoms with Gasteiger partial charge in [-0.2, -0.15) is 4.72 Å². The molecule has 1 amide bonds. The Labute approximate surface area is 155 Å². The van der Waals surface area contributed by atoms with Gasteiger partial charge in [-0.1, -0.05) is 36.2 Å². The summed E-state index contributed by atoms with van der Waals surface area (Å²) in [6.07, 6.45) is 0.189. The van der Waals surface area contributed by atoms with Crippen LogP contribution >= 0.6 is 23.2 Å². The number of para-hydroxylation sites is 1. The SMILES string of the molecule is CCC(NS(=O)(=O)c1ccc(F)cc1)C(=O)Nc1c(Cl)cccc1Cl. The summed E-state index contributed by atoms with van der Waals surface area (Å²) in [6.45, 7) is 1.64. The third-order valence-electron chi connectivity index (χ3n) is 3.36. The standard InChI is InChI=1S/C16H15Cl2FN2O3S/c1-2-14(16(22)20-15-12(17)4-3-5-13(15)18)21-25(23,24)11-8-6-10(19)7-9-11/h3-9,14,21H,2H2,1H3,(H,20,22). The third-order valence-corrected chi connectivity index (χ3v) is 5.47. The van der Waals surface area contributed by atoms with Gasteiger partial charge < -0.3 is 5.32 Å². The number of hydrogen-bond acceptors (Lipinski definition) is 3. The van der Waals surface area contributed by atoms with E-state index in [1.54, 1.807) is 25.1 Å². The van der Waals surface area contributed by atoms with Crippen molar-refractivity contribution in [1.29, 1.82) is 0 Å². The van der Waals surface area contributed by atoms with Crippen LogP contribution in [-0.4, -0.2) is 20.4 Å². The number of sulfonamides is 1. The zero-order chi connectivity index (χ0) is 18.6. The molecule has 2 N–H and O–H groups in total. The van der Waals surface area contributed by atoms with Crippen LogP contribution in [0, 0.1) is 5.82 Å². The Morgan fingerprint density at radius 1 is 1.12 bits per heavy atom. The predicted molar refractivity (Wildman–Crippen MR) is 95.9 cm³/mol. The lowest BCUT2D eigenvalue weighted by Gasteiger charge is -2.18. The van der Waals surface area contributed by atoms with Crippen molar-refractivity contribution in [2.45, 2.75) is 24.3 Å². The van der Waals surface area contributed by atoms with Crippen LogP contribution in [0.4, 0.5) is 10.1 Å². The quantitative estimate of drug-likeness (QED) is 0.767. The highest BCUT2D eigenvalue weighted by Crippen LogP contribution is 2.30. The number of nitrogens with one attached hydrogen (secondary N) is 2. The summed E-state index contributed by atoms with van der Waals surface area (Å²) in [5.41, 5.74) is 0.204. The summed E-state index contributed by atoms with van der Waals surface area (Å²) in [7, 11) is -3.99. The molecule has 0 fully saturated rings. The molecule has 2 aromatic carbocycles. The van der Waals surface area contributed by atoms with E-state index in [-0.39, 0.29) is 27.0 Å². The lowest BCUT2D eigenvalue weighted by Crippen LogP contribution is -2.43. The molecule has 134 valence electrons. The molecule has 0 aliphatic heterocycles. The molecule has 0 bridgehead atoms. The second-order valence-corrected chi connectivity index (χ2v) is 7.65. The van der Waals surface area contributed by atoms with Crippen molar-refractivity contribution in [2.24, 2.45) is 0 Å². The number of carbonyl (C=O) groups excluding carboxylic acids is 1. The highest BCUT2D eigenvalue weighted by atomic mass is 35.5. The number of hydrogen-bond donors (Lipinski definition) is 2. The van der Waals surface area contributed by atoms with Crippen molar-refractivity contribution in [3.8, 4) is 0 Å². The number of amides is 1. The summed E-state index contributed by atoms with van der Waals surface area (Å²) in [5.74, 6) is -1.17. The van der Waals surface area contributed by atoms with E-state index in [9.17, 15) is 17.6 Å². The first-order valence-corrected chi connectivity index (χ1v) is 9.51. The lowest BCUT2D eigenvalue weighted by atomic mass is 10.2. The van der Waals surface area contributed by atoms with E-state index in [1.165, 1.54) is 0 Å². The molecule has 0 aromatic heterocycles. The normalized spacial score (nSPS) is 12.6. The van der Waals surface area contributed by atoms with E-state index >= 15 is 0 Å². The van der Waals surface area contributed by atoms with Crippen molar-refractivity contribution in [2.75, 3.05) is 5.32 Å². The van der Waals surface area contributed by atoms with Gasteiger partial charge in [0.05, 0.1) is 20.6 Å². The largest absolute Gasteiger partial charge is 0.322 e. The summed E-state index contributed by atoms with van der Waals surface area (Å²) >= 11 is 12.0. The summed E-state index contributed by atoms with van der Waals surface area (Å²) in [6, 6.07) is 7.95. The van der Waals surface area contributed by atoms with Gasteiger partial charge in [0.25, 0.3) is 0 Å². The van der Waals surface area contributed by atoms with E-state index in [0.717, 1.165) is 24.3 Å². The Morgan fingerprint density at radius 2 is 1.68 bits per heavy atom. The van der Waals surface area contributed by atoms with Gasteiger partial charge in [-0.05, 0) is 42.8 Å². The van der Waals surface area contributed by atoms with Crippen LogP contribution in [0.1, 0.15) is 13.3 Å². The summed E-state index contributed by atoms with van der Waals surface area (Å²) in [5, 5.41) is 2.99. The molecular formula is C16H15Cl2FN2O3S. The van der Waals surface area contributed by atoms with Crippen LogP contribution in [-0.2, 0) is 14.8 Å². The van der Waals surface area contributed by atoms with E-state index in [2.05, 4.69) is 10.0 Å². The molecule has 5 nitrogen and oxygen atoms in total. The van der Waals surface area contributed by atoms with Crippen molar-refractivity contribution >= 4 is 44.8 Å². The molecule has 1 atom stereocenters. The molecule has 0 aliphatic rings. The van der Waals surface area contributed by atoms with Gasteiger partial charge >= 0.3 is 0 Å². The maximum absolute atomic E-state index is 12.9. The lowest BCUT2D eigenvalue weighted by molar-refractivity contribution is -0.117. The molecule has 2 rings (SSSR count). The molecule has 25 heavy (non-hydrogen) atoms. The van der Waals surface area contributed by atoms with Crippen molar-refractivity contribution in [3.05, 3.63) is 58.3 Å². The average molecular weight is 405 g/mol. The van der Waals surface area contributed by atoms with Crippen LogP contribution < -0.4 is 10.0 Å². The van der Waals surface area contributed by atoms with Gasteiger partial charge in [-0.25, -0.2) is 12.8 Å². The van der Waals surface area contributed by atoms with E-state index in [4.69, 9.17) is 23.2 Å². The number of benzene rings is 2. The monoisotopic (exact) mass is 404 g/mol. The van der Waals surface area contributed by atoms with Crippen LogP contribution in [0.3, 0.4) is 0 Å². The number of rotatable bonds is 6. The summed E-state index contributed by atoms with van der Waals surface area (Å²) < 4.78 is 39.9. The minimum atomic E-state index is -3.99. The number of anilines is 1. The van der Waals surface area contributed by atoms with Gasteiger partial charge in [0.15, 0.2) is 0 Å². The van der Waals surface area contributed by atoms with Crippen LogP contribution in [0.25, 0.3) is 0 Å². The summed E-state index contributed by atoms with van der Waals surface area (Å²) in [4.78, 5) is 12.3. The van der Waals surface area contributed by atoms with Crippen LogP contribution in [0.2, 0.25) is 10.0 Å². The van der Waals surface area contributed by atoms with Gasteiger partial charge in [0, 0.05) is 0 Å². The minimum Gasteiger partial charge on any atom is -0.322 e. The Morgan fingerprint density at radius 3 is 2.20 bits per heavy atom. The Bertz CT molecular complexity index is 853. The Hall–Kier alpha value is -1.67. The zero-order valence-corrected chi connectivity index (χ0v) is 15.4. The van der Waals surface area contributed by atoms with Gasteiger partial charge in [0.2, 0.25) is 15.9 Å². The second kappa shape index (κ2) is 8.14. The molecule has 0 aliphatic carbocycles. The van der Waals surface area contributed by atoms with E-state index in [0.29, 0.717) is 0 Å². The third kappa shape index (κ3) is 4.92. The number of halogens is 3. The highest BCUT2D eigenvalue weighted by molar-refractivity contribution is 7.89. The highest BCUT2D eigenvalue weighted by Gasteiger charge is 2.25. The van der Waals surface area contributed by atoms with Crippen molar-refractivity contribution < 1.29 is 17.6 Å². The van der Waals surface area contributed by atoms with E-state index in [1.807, 2.05) is 0 Å². The first-order chi connectivity index (χ1) is 11.7. The Balaban J connectivity index is 2.19. The molecule has 1 unspecified atom stereocenters. The molecular weight excluding hydrogens is 390 g/mol. The maximum atomic E-state index is 12.9. The van der Waals surface area contributed by atoms with Crippen LogP contribution in [0.15, 0.2) is 47.4 Å². The molecule has 0 radical (unpaired) electrons. The van der Waals surface area contributed by atoms with Gasteiger partial charge in [-0.3, -0.25) is 4.79 Å². The van der Waals surface area contributed by atoms with Gasteiger partial charge in [0.1, 0.15) is 11.9 Å². The zero-order valence-electron chi connectivity index (χ0n) is 13.1. The first-order valence-electron chi connectivity index (χ1n) is 7.27. The molecule has 0 heterocycles. The molecule has 9 heteroatoms. The maximum Gasteiger partial charge on any atom is 0.242 e. The van der Waals surface area contributed by atoms with Crippen LogP contribution in [0.5, 0.6) is 0 Å². The Kier molecular flexibility index (Phi) is 6.40. The molecule has 2 aromatic rings. The second-order valence-electron chi connectivity index (χ2n) is 5.12. The number of carbonyl (C=O) groups is 1. The van der Waals surface area contributed by atoms with Crippen molar-refractivity contribution in [1.82, 2.24) is 4.72 Å². The minimum absolute atomic E-state index is 0.143. The topological polar surface area (TPSA) is 75.3 Å². The first kappa shape index (κ1) is 19.7. The predicted octanol–water partition coefficient (Wildman–Crippen LogP) is 3.83. The molecule has 0 saturated heterocycles. The van der Waals surface area contributed by atoms with Crippen molar-refractivity contribution in [3.63, 3.8) is 0 Å². The smallest absolute Gasteiger partial charge is 0.242 e.